The highest BCUT2D eigenvalue weighted by Crippen LogP contribution is 2.30. The van der Waals surface area contributed by atoms with Crippen LogP contribution in [0.15, 0.2) is 23.1 Å². The average molecular weight is 318 g/mol. The quantitative estimate of drug-likeness (QED) is 0.681. The summed E-state index contributed by atoms with van der Waals surface area (Å²) in [5, 5.41) is 2.55. The first kappa shape index (κ1) is 15.4. The van der Waals surface area contributed by atoms with Gasteiger partial charge in [0, 0.05) is 18.8 Å². The largest absolute Gasteiger partial charge is 0.323 e. The van der Waals surface area contributed by atoms with E-state index in [0.717, 1.165) is 0 Å². The molecule has 2 heterocycles. The Balaban J connectivity index is 2.11. The molecule has 3 atom stereocenters. The van der Waals surface area contributed by atoms with E-state index in [9.17, 15) is 9.59 Å². The van der Waals surface area contributed by atoms with Crippen LogP contribution in [-0.2, 0) is 11.3 Å². The van der Waals surface area contributed by atoms with Gasteiger partial charge in [0.25, 0.3) is 5.56 Å². The maximum atomic E-state index is 12.2. The molecule has 0 radical (unpaired) electrons. The normalized spacial score (nSPS) is 26.7. The second-order valence-corrected chi connectivity index (χ2v) is 5.84. The Morgan fingerprint density at radius 1 is 1.45 bits per heavy atom. The number of nitrogens with one attached hydrogen (secondary N) is 1. The molecule has 2 rings (SSSR count). The fourth-order valence-electron chi connectivity index (χ4n) is 2.29. The summed E-state index contributed by atoms with van der Waals surface area (Å²) in [5.74, 6) is -0.164. The maximum Gasteiger partial charge on any atom is 0.250 e. The van der Waals surface area contributed by atoms with Crippen LogP contribution in [0.2, 0.25) is 0 Å². The zero-order valence-electron chi connectivity index (χ0n) is 11.3. The molecule has 110 valence electrons. The van der Waals surface area contributed by atoms with Gasteiger partial charge in [0.1, 0.15) is 5.50 Å². The van der Waals surface area contributed by atoms with Crippen LogP contribution in [0, 0.1) is 0 Å². The zero-order valence-corrected chi connectivity index (χ0v) is 12.9. The van der Waals surface area contributed by atoms with E-state index in [1.165, 1.54) is 10.6 Å². The zero-order chi connectivity index (χ0) is 14.9. The number of carbonyl (C=O) groups excluding carboxylic acids is 1. The number of anilines is 1. The number of alkyl halides is 2. The van der Waals surface area contributed by atoms with E-state index in [1.807, 2.05) is 6.92 Å². The van der Waals surface area contributed by atoms with Crippen LogP contribution in [0.1, 0.15) is 13.3 Å². The van der Waals surface area contributed by atoms with Gasteiger partial charge in [0.05, 0.1) is 17.1 Å². The molecule has 0 spiro atoms. The van der Waals surface area contributed by atoms with Crippen molar-refractivity contribution in [3.8, 4) is 0 Å². The third-order valence-electron chi connectivity index (χ3n) is 3.52. The summed E-state index contributed by atoms with van der Waals surface area (Å²) in [4.78, 5) is 25.5. The molecule has 1 amide bonds. The van der Waals surface area contributed by atoms with Gasteiger partial charge in [-0.3, -0.25) is 14.5 Å². The number of likely N-dealkylation sites (N-methyl/N-ethyl adjacent to an activating group) is 1. The van der Waals surface area contributed by atoms with Crippen molar-refractivity contribution in [3.05, 3.63) is 28.7 Å². The SMILES string of the molecule is CCn1cc(NC(=O)C2CC(Cl)C(Cl)N2C)ccc1=O. The lowest BCUT2D eigenvalue weighted by molar-refractivity contribution is -0.120. The van der Waals surface area contributed by atoms with Crippen LogP contribution in [0.25, 0.3) is 0 Å². The number of aryl methyl sites for hydroxylation is 1. The minimum Gasteiger partial charge on any atom is -0.323 e. The van der Waals surface area contributed by atoms with Crippen molar-refractivity contribution in [1.82, 2.24) is 9.47 Å². The predicted molar refractivity (Wildman–Crippen MR) is 80.5 cm³/mol. The van der Waals surface area contributed by atoms with Crippen molar-refractivity contribution in [2.24, 2.45) is 0 Å². The van der Waals surface area contributed by atoms with Gasteiger partial charge in [0.2, 0.25) is 5.91 Å². The first-order chi connectivity index (χ1) is 9.43. The van der Waals surface area contributed by atoms with E-state index >= 15 is 0 Å². The van der Waals surface area contributed by atoms with Crippen LogP contribution < -0.4 is 10.9 Å². The number of halogens is 2. The Kier molecular flexibility index (Phi) is 4.73. The van der Waals surface area contributed by atoms with Crippen molar-refractivity contribution >= 4 is 34.8 Å². The first-order valence-corrected chi connectivity index (χ1v) is 7.32. The van der Waals surface area contributed by atoms with Crippen molar-refractivity contribution < 1.29 is 4.79 Å². The van der Waals surface area contributed by atoms with Crippen molar-refractivity contribution in [2.75, 3.05) is 12.4 Å². The third kappa shape index (κ3) is 3.00. The Morgan fingerprint density at radius 3 is 2.70 bits per heavy atom. The number of carbonyl (C=O) groups is 1. The Hall–Kier alpha value is -1.04. The molecule has 1 aliphatic rings. The number of amides is 1. The second kappa shape index (κ2) is 6.16. The topological polar surface area (TPSA) is 54.3 Å². The molecule has 1 aromatic rings. The molecule has 1 saturated heterocycles. The minimum atomic E-state index is -0.359. The van der Waals surface area contributed by atoms with E-state index in [0.29, 0.717) is 18.7 Å². The summed E-state index contributed by atoms with van der Waals surface area (Å²) < 4.78 is 1.53. The Bertz CT molecular complexity index is 561. The molecule has 0 saturated carbocycles. The van der Waals surface area contributed by atoms with Gasteiger partial charge in [-0.15, -0.1) is 23.2 Å². The molecule has 0 aromatic carbocycles. The van der Waals surface area contributed by atoms with Gasteiger partial charge >= 0.3 is 0 Å². The fourth-order valence-corrected chi connectivity index (χ4v) is 2.87. The van der Waals surface area contributed by atoms with Gasteiger partial charge in [-0.2, -0.15) is 0 Å². The van der Waals surface area contributed by atoms with Crippen LogP contribution >= 0.6 is 23.2 Å². The summed E-state index contributed by atoms with van der Waals surface area (Å²) in [6.45, 7) is 2.42. The summed E-state index contributed by atoms with van der Waals surface area (Å²) in [5.41, 5.74) is 0.149. The summed E-state index contributed by atoms with van der Waals surface area (Å²) in [6, 6.07) is 2.67. The highest BCUT2D eigenvalue weighted by atomic mass is 35.5. The van der Waals surface area contributed by atoms with Crippen molar-refractivity contribution in [2.45, 2.75) is 36.8 Å². The number of aromatic nitrogens is 1. The molecule has 0 bridgehead atoms. The van der Waals surface area contributed by atoms with Gasteiger partial charge in [-0.05, 0) is 26.5 Å². The number of hydrogen-bond donors (Lipinski definition) is 1. The van der Waals surface area contributed by atoms with Crippen LogP contribution in [0.4, 0.5) is 5.69 Å². The van der Waals surface area contributed by atoms with Crippen molar-refractivity contribution in [1.29, 1.82) is 0 Å². The lowest BCUT2D eigenvalue weighted by Gasteiger charge is -2.21. The van der Waals surface area contributed by atoms with E-state index in [4.69, 9.17) is 23.2 Å². The molecule has 0 aliphatic carbocycles. The standard InChI is InChI=1S/C13H17Cl2N3O2/c1-3-18-7-8(4-5-11(18)19)16-13(20)10-6-9(14)12(15)17(10)2/h4-5,7,9-10,12H,3,6H2,1-2H3,(H,16,20). The first-order valence-electron chi connectivity index (χ1n) is 6.45. The molecule has 1 N–H and O–H groups in total. The average Bonchev–Trinajstić information content (AvgIpc) is 2.68. The molecule has 5 nitrogen and oxygen atoms in total. The van der Waals surface area contributed by atoms with E-state index in [2.05, 4.69) is 5.32 Å². The smallest absolute Gasteiger partial charge is 0.250 e. The monoisotopic (exact) mass is 317 g/mol. The van der Waals surface area contributed by atoms with Gasteiger partial charge in [-0.1, -0.05) is 0 Å². The summed E-state index contributed by atoms with van der Waals surface area (Å²) in [6.07, 6.45) is 2.14. The van der Waals surface area contributed by atoms with Crippen LogP contribution in [-0.4, -0.2) is 39.3 Å². The number of likely N-dealkylation sites (tertiary alicyclic amines) is 1. The number of pyridine rings is 1. The molecule has 1 aromatic heterocycles. The Morgan fingerprint density at radius 2 is 2.15 bits per heavy atom. The molecule has 3 unspecified atom stereocenters. The van der Waals surface area contributed by atoms with Crippen LogP contribution in [0.5, 0.6) is 0 Å². The highest BCUT2D eigenvalue weighted by Gasteiger charge is 2.40. The molecular formula is C13H17Cl2N3O2. The molecular weight excluding hydrogens is 301 g/mol. The third-order valence-corrected chi connectivity index (χ3v) is 4.68. The molecule has 20 heavy (non-hydrogen) atoms. The highest BCUT2D eigenvalue weighted by molar-refractivity contribution is 6.30. The minimum absolute atomic E-state index is 0.0925. The number of rotatable bonds is 3. The van der Waals surface area contributed by atoms with Crippen LogP contribution in [0.3, 0.4) is 0 Å². The number of hydrogen-bond acceptors (Lipinski definition) is 3. The van der Waals surface area contributed by atoms with E-state index in [-0.39, 0.29) is 28.4 Å². The van der Waals surface area contributed by atoms with Crippen molar-refractivity contribution in [3.63, 3.8) is 0 Å². The predicted octanol–water partition coefficient (Wildman–Crippen LogP) is 1.68. The summed E-state index contributed by atoms with van der Waals surface area (Å²) >= 11 is 12.2. The number of nitrogens with zero attached hydrogens (tertiary/aromatic N) is 2. The van der Waals surface area contributed by atoms with Gasteiger partial charge in [-0.25, -0.2) is 0 Å². The van der Waals surface area contributed by atoms with E-state index < -0.39 is 0 Å². The molecule has 1 fully saturated rings. The second-order valence-electron chi connectivity index (χ2n) is 4.84. The lowest BCUT2D eigenvalue weighted by atomic mass is 10.2. The Labute approximate surface area is 127 Å². The molecule has 7 heteroatoms. The fraction of sp³-hybridized carbons (Fsp3) is 0.538. The maximum absolute atomic E-state index is 12.2. The lowest BCUT2D eigenvalue weighted by Crippen LogP contribution is -2.39. The summed E-state index contributed by atoms with van der Waals surface area (Å²) in [7, 11) is 1.78. The molecule has 1 aliphatic heterocycles. The van der Waals surface area contributed by atoms with E-state index in [1.54, 1.807) is 24.2 Å². The van der Waals surface area contributed by atoms with Gasteiger partial charge < -0.3 is 9.88 Å². The van der Waals surface area contributed by atoms with Gasteiger partial charge in [0.15, 0.2) is 0 Å².